The van der Waals surface area contributed by atoms with Crippen LogP contribution in [0.1, 0.15) is 18.1 Å². The average Bonchev–Trinajstić information content (AvgIpc) is 3.28. The summed E-state index contributed by atoms with van der Waals surface area (Å²) in [4.78, 5) is 5.22. The molecule has 5 nitrogen and oxygen atoms in total. The van der Waals surface area contributed by atoms with Crippen molar-refractivity contribution in [1.29, 1.82) is 0 Å². The van der Waals surface area contributed by atoms with Gasteiger partial charge in [-0.1, -0.05) is 29.8 Å². The molecule has 1 aliphatic heterocycles. The van der Waals surface area contributed by atoms with Gasteiger partial charge in [-0.15, -0.1) is 11.3 Å². The number of aryl methyl sites for hydroxylation is 1. The maximum atomic E-state index is 5.47. The molecule has 1 aliphatic rings. The zero-order valence-electron chi connectivity index (χ0n) is 14.9. The lowest BCUT2D eigenvalue weighted by Crippen LogP contribution is -2.13. The molecule has 0 bridgehead atoms. The first kappa shape index (κ1) is 16.6. The zero-order chi connectivity index (χ0) is 18.1. The van der Waals surface area contributed by atoms with E-state index in [-0.39, 0.29) is 6.79 Å². The van der Waals surface area contributed by atoms with Crippen molar-refractivity contribution >= 4 is 17.0 Å². The summed E-state index contributed by atoms with van der Waals surface area (Å²) in [5.74, 6) is 1.53. The molecular formula is C20H19N3O2S. The van der Waals surface area contributed by atoms with Crippen molar-refractivity contribution in [3.05, 3.63) is 63.8 Å². The van der Waals surface area contributed by atoms with E-state index >= 15 is 0 Å². The Morgan fingerprint density at radius 2 is 1.85 bits per heavy atom. The van der Waals surface area contributed by atoms with Crippen LogP contribution >= 0.6 is 11.3 Å². The maximum Gasteiger partial charge on any atom is 0.231 e. The first-order valence-corrected chi connectivity index (χ1v) is 9.19. The second-order valence-electron chi connectivity index (χ2n) is 6.06. The normalized spacial score (nSPS) is 14.1. The van der Waals surface area contributed by atoms with Gasteiger partial charge in [-0.25, -0.2) is 4.68 Å². The van der Waals surface area contributed by atoms with E-state index in [1.54, 1.807) is 18.4 Å². The van der Waals surface area contributed by atoms with Crippen molar-refractivity contribution in [2.45, 2.75) is 13.8 Å². The fraction of sp³-hybridized carbons (Fsp3) is 0.200. The number of ether oxygens (including phenoxy) is 2. The minimum atomic E-state index is 0.269. The highest BCUT2D eigenvalue weighted by Gasteiger charge is 2.15. The molecule has 0 unspecified atom stereocenters. The summed E-state index contributed by atoms with van der Waals surface area (Å²) in [6.07, 6.45) is 0. The maximum absolute atomic E-state index is 5.47. The topological polar surface area (TPSA) is 48.1 Å². The lowest BCUT2D eigenvalue weighted by molar-refractivity contribution is 0.174. The Balaban J connectivity index is 1.78. The Kier molecular flexibility index (Phi) is 4.34. The summed E-state index contributed by atoms with van der Waals surface area (Å²) in [6, 6.07) is 14.3. The molecule has 0 atom stereocenters. The van der Waals surface area contributed by atoms with Crippen LogP contribution in [-0.2, 0) is 0 Å². The molecule has 2 aromatic carbocycles. The largest absolute Gasteiger partial charge is 0.454 e. The standard InChI is InChI=1S/C20H19N3O2S/c1-13-4-6-15(7-5-13)17-11-26-20(21-3)23(17)22-14(2)16-8-9-18-19(10-16)25-12-24-18/h4-11H,12H2,1-3H3. The Morgan fingerprint density at radius 1 is 1.08 bits per heavy atom. The molecule has 0 N–H and O–H groups in total. The van der Waals surface area contributed by atoms with Crippen LogP contribution in [0.15, 0.2) is 57.9 Å². The van der Waals surface area contributed by atoms with Crippen LogP contribution in [0.3, 0.4) is 0 Å². The molecule has 0 saturated carbocycles. The number of thiazole rings is 1. The molecule has 0 aliphatic carbocycles. The average molecular weight is 365 g/mol. The van der Waals surface area contributed by atoms with Gasteiger partial charge >= 0.3 is 0 Å². The minimum absolute atomic E-state index is 0.269. The van der Waals surface area contributed by atoms with Crippen LogP contribution in [0.25, 0.3) is 11.3 Å². The summed E-state index contributed by atoms with van der Waals surface area (Å²) >= 11 is 1.58. The van der Waals surface area contributed by atoms with Crippen molar-refractivity contribution in [3.8, 4) is 22.8 Å². The van der Waals surface area contributed by atoms with E-state index in [4.69, 9.17) is 14.6 Å². The van der Waals surface area contributed by atoms with Crippen molar-refractivity contribution in [1.82, 2.24) is 4.68 Å². The van der Waals surface area contributed by atoms with Crippen LogP contribution in [0.4, 0.5) is 0 Å². The highest BCUT2D eigenvalue weighted by molar-refractivity contribution is 7.07. The van der Waals surface area contributed by atoms with E-state index in [2.05, 4.69) is 41.6 Å². The monoisotopic (exact) mass is 365 g/mol. The van der Waals surface area contributed by atoms with E-state index in [0.717, 1.165) is 38.8 Å². The number of aromatic nitrogens is 1. The smallest absolute Gasteiger partial charge is 0.231 e. The van der Waals surface area contributed by atoms with Crippen LogP contribution in [-0.4, -0.2) is 24.2 Å². The lowest BCUT2D eigenvalue weighted by atomic mass is 10.1. The van der Waals surface area contributed by atoms with Gasteiger partial charge in [0, 0.05) is 23.6 Å². The van der Waals surface area contributed by atoms with E-state index in [1.165, 1.54) is 5.56 Å². The van der Waals surface area contributed by atoms with Gasteiger partial charge in [0.05, 0.1) is 11.4 Å². The quantitative estimate of drug-likeness (QED) is 0.657. The fourth-order valence-corrected chi connectivity index (χ4v) is 3.60. The molecular weight excluding hydrogens is 346 g/mol. The summed E-state index contributed by atoms with van der Waals surface area (Å²) in [6.45, 7) is 4.34. The van der Waals surface area contributed by atoms with Gasteiger partial charge in [-0.2, -0.15) is 5.10 Å². The molecule has 0 radical (unpaired) electrons. The molecule has 26 heavy (non-hydrogen) atoms. The van der Waals surface area contributed by atoms with Crippen molar-refractivity contribution in [2.75, 3.05) is 13.8 Å². The number of fused-ring (bicyclic) bond motifs is 1. The molecule has 2 heterocycles. The van der Waals surface area contributed by atoms with Gasteiger partial charge in [0.15, 0.2) is 11.5 Å². The summed E-state index contributed by atoms with van der Waals surface area (Å²) in [5.41, 5.74) is 5.24. The first-order chi connectivity index (χ1) is 12.7. The van der Waals surface area contributed by atoms with Gasteiger partial charge in [-0.05, 0) is 32.0 Å². The van der Waals surface area contributed by atoms with Gasteiger partial charge in [0.2, 0.25) is 11.6 Å². The third kappa shape index (κ3) is 3.04. The van der Waals surface area contributed by atoms with Crippen molar-refractivity contribution in [2.24, 2.45) is 10.1 Å². The third-order valence-corrected chi connectivity index (χ3v) is 5.17. The number of rotatable bonds is 3. The SMILES string of the molecule is CN=c1scc(-c2ccc(C)cc2)n1N=C(C)c1ccc2c(c1)OCO2. The predicted octanol–water partition coefficient (Wildman–Crippen LogP) is 4.06. The van der Waals surface area contributed by atoms with E-state index in [9.17, 15) is 0 Å². The van der Waals surface area contributed by atoms with Gasteiger partial charge in [-0.3, -0.25) is 4.99 Å². The molecule has 6 heteroatoms. The minimum Gasteiger partial charge on any atom is -0.454 e. The third-order valence-electron chi connectivity index (χ3n) is 4.26. The molecule has 132 valence electrons. The zero-order valence-corrected chi connectivity index (χ0v) is 15.7. The molecule has 1 aromatic heterocycles. The molecule has 0 amide bonds. The number of nitrogens with zero attached hydrogens (tertiary/aromatic N) is 3. The first-order valence-electron chi connectivity index (χ1n) is 8.32. The Labute approximate surface area is 155 Å². The van der Waals surface area contributed by atoms with Gasteiger partial charge < -0.3 is 9.47 Å². The highest BCUT2D eigenvalue weighted by Crippen LogP contribution is 2.32. The molecule has 0 spiro atoms. The summed E-state index contributed by atoms with van der Waals surface area (Å²) < 4.78 is 12.8. The number of hydrogen-bond acceptors (Lipinski definition) is 5. The Bertz CT molecular complexity index is 1050. The molecule has 0 saturated heterocycles. The van der Waals surface area contributed by atoms with Crippen LogP contribution in [0, 0.1) is 6.92 Å². The summed E-state index contributed by atoms with van der Waals surface area (Å²) in [5, 5.41) is 6.92. The number of benzene rings is 2. The van der Waals surface area contributed by atoms with Crippen LogP contribution in [0.5, 0.6) is 11.5 Å². The van der Waals surface area contributed by atoms with E-state index in [0.29, 0.717) is 0 Å². The fourth-order valence-electron chi connectivity index (χ4n) is 2.80. The second kappa shape index (κ2) is 6.80. The Hall–Kier alpha value is -2.86. The lowest BCUT2D eigenvalue weighted by Gasteiger charge is -2.07. The Morgan fingerprint density at radius 3 is 2.62 bits per heavy atom. The molecule has 0 fully saturated rings. The highest BCUT2D eigenvalue weighted by atomic mass is 32.1. The van der Waals surface area contributed by atoms with E-state index < -0.39 is 0 Å². The predicted molar refractivity (Wildman–Crippen MR) is 104 cm³/mol. The van der Waals surface area contributed by atoms with Crippen molar-refractivity contribution < 1.29 is 9.47 Å². The van der Waals surface area contributed by atoms with E-state index in [1.807, 2.05) is 29.8 Å². The second-order valence-corrected chi connectivity index (χ2v) is 6.89. The molecule has 4 rings (SSSR count). The summed E-state index contributed by atoms with van der Waals surface area (Å²) in [7, 11) is 1.78. The van der Waals surface area contributed by atoms with Gasteiger partial charge in [0.25, 0.3) is 0 Å². The number of hydrogen-bond donors (Lipinski definition) is 0. The molecule has 3 aromatic rings. The van der Waals surface area contributed by atoms with Crippen molar-refractivity contribution in [3.63, 3.8) is 0 Å². The van der Waals surface area contributed by atoms with Crippen LogP contribution in [0.2, 0.25) is 0 Å². The van der Waals surface area contributed by atoms with Gasteiger partial charge in [0.1, 0.15) is 0 Å². The van der Waals surface area contributed by atoms with Crippen LogP contribution < -0.4 is 14.3 Å².